The number of morpholine rings is 1. The summed E-state index contributed by atoms with van der Waals surface area (Å²) in [5, 5.41) is 11.0. The Morgan fingerprint density at radius 2 is 2.00 bits per heavy atom. The number of para-hydroxylation sites is 1. The van der Waals surface area contributed by atoms with E-state index in [1.165, 1.54) is 28.6 Å². The Hall–Kier alpha value is -1.51. The first-order chi connectivity index (χ1) is 9.63. The molecule has 8 heteroatoms. The zero-order valence-corrected chi connectivity index (χ0v) is 13.0. The summed E-state index contributed by atoms with van der Waals surface area (Å²) < 4.78 is 32.3. The molecular formula is C13H18N2O5S. The number of ether oxygens (including phenoxy) is 1. The van der Waals surface area contributed by atoms with E-state index in [1.807, 2.05) is 0 Å². The van der Waals surface area contributed by atoms with Crippen LogP contribution in [0, 0.1) is 10.1 Å². The Morgan fingerprint density at radius 3 is 2.57 bits per heavy atom. The number of nitro groups is 1. The molecule has 1 aromatic carbocycles. The maximum atomic E-state index is 12.7. The smallest absolute Gasteiger partial charge is 0.289 e. The van der Waals surface area contributed by atoms with Crippen molar-refractivity contribution in [2.75, 3.05) is 13.1 Å². The molecule has 1 atom stereocenters. The molecule has 21 heavy (non-hydrogen) atoms. The van der Waals surface area contributed by atoms with Gasteiger partial charge in [0.2, 0.25) is 10.0 Å². The van der Waals surface area contributed by atoms with Crippen LogP contribution >= 0.6 is 0 Å². The standard InChI is InChI=1S/C13H18N2O5S/c1-10-8-14(9-13(2,3)20-10)21(18,19)12-7-5-4-6-11(12)15(16)17/h4-7,10H,8-9H2,1-3H3. The van der Waals surface area contributed by atoms with Crippen molar-refractivity contribution in [3.8, 4) is 0 Å². The highest BCUT2D eigenvalue weighted by molar-refractivity contribution is 7.89. The van der Waals surface area contributed by atoms with Gasteiger partial charge in [-0.05, 0) is 26.8 Å². The van der Waals surface area contributed by atoms with Crippen LogP contribution < -0.4 is 0 Å². The van der Waals surface area contributed by atoms with Crippen molar-refractivity contribution in [1.82, 2.24) is 4.31 Å². The second kappa shape index (κ2) is 5.36. The average molecular weight is 314 g/mol. The first-order valence-electron chi connectivity index (χ1n) is 6.55. The Labute approximate surface area is 123 Å². The molecule has 1 aliphatic rings. The topological polar surface area (TPSA) is 89.8 Å². The number of nitro benzene ring substituents is 1. The number of hydrogen-bond acceptors (Lipinski definition) is 5. The van der Waals surface area contributed by atoms with Crippen LogP contribution in [0.15, 0.2) is 29.2 Å². The monoisotopic (exact) mass is 314 g/mol. The van der Waals surface area contributed by atoms with Gasteiger partial charge < -0.3 is 4.74 Å². The van der Waals surface area contributed by atoms with Gasteiger partial charge in [0.1, 0.15) is 0 Å². The van der Waals surface area contributed by atoms with Crippen molar-refractivity contribution in [3.63, 3.8) is 0 Å². The van der Waals surface area contributed by atoms with Crippen LogP contribution in [0.2, 0.25) is 0 Å². The summed E-state index contributed by atoms with van der Waals surface area (Å²) in [6, 6.07) is 5.39. The minimum absolute atomic E-state index is 0.158. The van der Waals surface area contributed by atoms with Gasteiger partial charge in [0.05, 0.1) is 16.6 Å². The van der Waals surface area contributed by atoms with Gasteiger partial charge >= 0.3 is 0 Å². The third-order valence-corrected chi connectivity index (χ3v) is 5.08. The molecule has 0 aromatic heterocycles. The van der Waals surface area contributed by atoms with Gasteiger partial charge in [-0.2, -0.15) is 4.31 Å². The number of benzene rings is 1. The van der Waals surface area contributed by atoms with Crippen LogP contribution in [0.1, 0.15) is 20.8 Å². The summed E-state index contributed by atoms with van der Waals surface area (Å²) >= 11 is 0. The van der Waals surface area contributed by atoms with Gasteiger partial charge in [0, 0.05) is 19.2 Å². The predicted molar refractivity (Wildman–Crippen MR) is 76.5 cm³/mol. The molecular weight excluding hydrogens is 296 g/mol. The van der Waals surface area contributed by atoms with E-state index < -0.39 is 26.2 Å². The molecule has 1 saturated heterocycles. The summed E-state index contributed by atoms with van der Waals surface area (Å²) in [5.74, 6) is 0. The molecule has 1 heterocycles. The lowest BCUT2D eigenvalue weighted by Crippen LogP contribution is -2.53. The highest BCUT2D eigenvalue weighted by Crippen LogP contribution is 2.30. The highest BCUT2D eigenvalue weighted by Gasteiger charge is 2.40. The zero-order valence-electron chi connectivity index (χ0n) is 12.1. The van der Waals surface area contributed by atoms with E-state index in [4.69, 9.17) is 4.74 Å². The molecule has 116 valence electrons. The fourth-order valence-electron chi connectivity index (χ4n) is 2.54. The molecule has 1 fully saturated rings. The lowest BCUT2D eigenvalue weighted by Gasteiger charge is -2.40. The molecule has 1 aliphatic heterocycles. The van der Waals surface area contributed by atoms with E-state index >= 15 is 0 Å². The molecule has 0 N–H and O–H groups in total. The van der Waals surface area contributed by atoms with Crippen molar-refractivity contribution < 1.29 is 18.1 Å². The van der Waals surface area contributed by atoms with E-state index in [1.54, 1.807) is 20.8 Å². The Morgan fingerprint density at radius 1 is 1.38 bits per heavy atom. The van der Waals surface area contributed by atoms with E-state index in [2.05, 4.69) is 0 Å². The van der Waals surface area contributed by atoms with E-state index in [-0.39, 0.29) is 24.1 Å². The van der Waals surface area contributed by atoms with Crippen LogP contribution in [-0.2, 0) is 14.8 Å². The van der Waals surface area contributed by atoms with Crippen molar-refractivity contribution >= 4 is 15.7 Å². The molecule has 0 spiro atoms. The van der Waals surface area contributed by atoms with Crippen LogP contribution in [0.5, 0.6) is 0 Å². The number of sulfonamides is 1. The quantitative estimate of drug-likeness (QED) is 0.626. The second-order valence-corrected chi connectivity index (χ2v) is 7.62. The molecule has 7 nitrogen and oxygen atoms in total. The van der Waals surface area contributed by atoms with Gasteiger partial charge in [-0.15, -0.1) is 0 Å². The average Bonchev–Trinajstić information content (AvgIpc) is 2.36. The highest BCUT2D eigenvalue weighted by atomic mass is 32.2. The van der Waals surface area contributed by atoms with E-state index in [9.17, 15) is 18.5 Å². The summed E-state index contributed by atoms with van der Waals surface area (Å²) in [4.78, 5) is 10.1. The van der Waals surface area contributed by atoms with Crippen molar-refractivity contribution in [3.05, 3.63) is 34.4 Å². The Bertz CT molecular complexity index is 656. The Kier molecular flexibility index (Phi) is 4.05. The van der Waals surface area contributed by atoms with Crippen LogP contribution in [-0.4, -0.2) is 42.4 Å². The largest absolute Gasteiger partial charge is 0.370 e. The van der Waals surface area contributed by atoms with Crippen LogP contribution in [0.3, 0.4) is 0 Å². The fourth-order valence-corrected chi connectivity index (χ4v) is 4.37. The predicted octanol–water partition coefficient (Wildman–Crippen LogP) is 1.78. The Balaban J connectivity index is 2.45. The molecule has 1 aromatic rings. The summed E-state index contributed by atoms with van der Waals surface area (Å²) in [6.07, 6.45) is -0.272. The molecule has 0 aliphatic carbocycles. The molecule has 1 unspecified atom stereocenters. The summed E-state index contributed by atoms with van der Waals surface area (Å²) in [6.45, 7) is 5.71. The lowest BCUT2D eigenvalue weighted by atomic mass is 10.1. The lowest BCUT2D eigenvalue weighted by molar-refractivity contribution is -0.387. The van der Waals surface area contributed by atoms with Gasteiger partial charge in [-0.1, -0.05) is 12.1 Å². The minimum Gasteiger partial charge on any atom is -0.370 e. The fraction of sp³-hybridized carbons (Fsp3) is 0.538. The first-order valence-corrected chi connectivity index (χ1v) is 7.99. The summed E-state index contributed by atoms with van der Waals surface area (Å²) in [7, 11) is -3.93. The van der Waals surface area contributed by atoms with E-state index in [0.29, 0.717) is 0 Å². The third kappa shape index (κ3) is 3.22. The van der Waals surface area contributed by atoms with Crippen molar-refractivity contribution in [2.45, 2.75) is 37.4 Å². The van der Waals surface area contributed by atoms with Gasteiger partial charge in [-0.3, -0.25) is 10.1 Å². The first kappa shape index (κ1) is 15.9. The molecule has 0 bridgehead atoms. The molecule has 0 saturated carbocycles. The van der Waals surface area contributed by atoms with Crippen LogP contribution in [0.25, 0.3) is 0 Å². The molecule has 0 radical (unpaired) electrons. The minimum atomic E-state index is -3.93. The maximum Gasteiger partial charge on any atom is 0.289 e. The van der Waals surface area contributed by atoms with Crippen molar-refractivity contribution in [1.29, 1.82) is 0 Å². The van der Waals surface area contributed by atoms with E-state index in [0.717, 1.165) is 0 Å². The number of nitrogens with zero attached hydrogens (tertiary/aromatic N) is 2. The second-order valence-electron chi connectivity index (χ2n) is 5.71. The van der Waals surface area contributed by atoms with Gasteiger partial charge in [-0.25, -0.2) is 8.42 Å². The number of hydrogen-bond donors (Lipinski definition) is 0. The normalized spacial score (nSPS) is 22.9. The maximum absolute atomic E-state index is 12.7. The van der Waals surface area contributed by atoms with Crippen LogP contribution in [0.4, 0.5) is 5.69 Å². The summed E-state index contributed by atoms with van der Waals surface area (Å²) in [5.41, 5.74) is -1.04. The SMILES string of the molecule is CC1CN(S(=O)(=O)c2ccccc2[N+](=O)[O-])CC(C)(C)O1. The molecule has 2 rings (SSSR count). The molecule has 0 amide bonds. The van der Waals surface area contributed by atoms with Gasteiger partial charge in [0.25, 0.3) is 5.69 Å². The zero-order chi connectivity index (χ0) is 15.8. The number of rotatable bonds is 3. The van der Waals surface area contributed by atoms with Gasteiger partial charge in [0.15, 0.2) is 4.90 Å². The van der Waals surface area contributed by atoms with Crippen molar-refractivity contribution in [2.24, 2.45) is 0 Å². The third-order valence-electron chi connectivity index (χ3n) is 3.22.